The predicted molar refractivity (Wildman–Crippen MR) is 124 cm³/mol. The maximum atomic E-state index is 12.4. The van der Waals surface area contributed by atoms with Gasteiger partial charge in [-0.1, -0.05) is 90.2 Å². The van der Waals surface area contributed by atoms with Gasteiger partial charge in [0.25, 0.3) is 0 Å². The number of hydrogen-bond acceptors (Lipinski definition) is 4. The van der Waals surface area contributed by atoms with E-state index in [1.54, 1.807) is 24.3 Å². The van der Waals surface area contributed by atoms with Gasteiger partial charge in [-0.3, -0.25) is 0 Å². The highest BCUT2D eigenvalue weighted by atomic mass is 27.0. The van der Waals surface area contributed by atoms with Crippen LogP contribution in [0.25, 0.3) is 0 Å². The molecule has 0 saturated carbocycles. The van der Waals surface area contributed by atoms with Crippen LogP contribution in [0.1, 0.15) is 112 Å². The van der Waals surface area contributed by atoms with Crippen molar-refractivity contribution in [1.82, 2.24) is 0 Å². The zero-order valence-corrected chi connectivity index (χ0v) is 17.8. The molecule has 1 aromatic carbocycles. The molecule has 29 heavy (non-hydrogen) atoms. The van der Waals surface area contributed by atoms with E-state index in [1.807, 2.05) is 0 Å². The normalized spacial score (nSPS) is 10.3. The molecule has 0 N–H and O–H groups in total. The second-order valence-electron chi connectivity index (χ2n) is 7.35. The second-order valence-corrected chi connectivity index (χ2v) is 7.35. The summed E-state index contributed by atoms with van der Waals surface area (Å²) in [6.45, 7) is 5.17. The zero-order valence-electron chi connectivity index (χ0n) is 17.8. The van der Waals surface area contributed by atoms with E-state index in [0.717, 1.165) is 25.7 Å². The molecule has 0 bridgehead atoms. The number of hydrogen-bond donors (Lipinski definition) is 0. The maximum Gasteiger partial charge on any atom is 0.339 e. The van der Waals surface area contributed by atoms with Crippen LogP contribution in [0.5, 0.6) is 0 Å². The highest BCUT2D eigenvalue weighted by molar-refractivity contribution is 6.03. The highest BCUT2D eigenvalue weighted by Crippen LogP contribution is 2.14. The van der Waals surface area contributed by atoms with Crippen molar-refractivity contribution >= 4 is 29.3 Å². The van der Waals surface area contributed by atoms with Crippen molar-refractivity contribution in [2.45, 2.75) is 90.9 Å². The third kappa shape index (κ3) is 12.8. The molecule has 0 aliphatic rings. The first-order valence-electron chi connectivity index (χ1n) is 11.1. The van der Waals surface area contributed by atoms with Gasteiger partial charge in [0.15, 0.2) is 17.4 Å². The van der Waals surface area contributed by atoms with Gasteiger partial charge in [-0.2, -0.15) is 0 Å². The molecule has 0 atom stereocenters. The van der Waals surface area contributed by atoms with Crippen LogP contribution in [0.2, 0.25) is 0 Å². The van der Waals surface area contributed by atoms with Gasteiger partial charge in [0.1, 0.15) is 0 Å². The first kappa shape index (κ1) is 27.7. The van der Waals surface area contributed by atoms with Gasteiger partial charge < -0.3 is 9.47 Å². The number of benzene rings is 1. The minimum atomic E-state index is -0.444. The first-order valence-corrected chi connectivity index (χ1v) is 11.1. The zero-order chi connectivity index (χ0) is 20.5. The minimum absolute atomic E-state index is 0. The lowest BCUT2D eigenvalue weighted by Gasteiger charge is -2.10. The summed E-state index contributed by atoms with van der Waals surface area (Å²) in [5, 5.41) is 0. The molecule has 5 heteroatoms. The fraction of sp³-hybridized carbons (Fsp3) is 0.667. The van der Waals surface area contributed by atoms with E-state index < -0.39 is 11.9 Å². The quantitative estimate of drug-likeness (QED) is 0.200. The largest absolute Gasteiger partial charge is 0.462 e. The molecule has 0 aromatic heterocycles. The summed E-state index contributed by atoms with van der Waals surface area (Å²) >= 11 is 0. The lowest BCUT2D eigenvalue weighted by atomic mass is 10.1. The first-order chi connectivity index (χ1) is 13.7. The Labute approximate surface area is 187 Å². The summed E-state index contributed by atoms with van der Waals surface area (Å²) in [5.74, 6) is -0.888. The molecule has 4 nitrogen and oxygen atoms in total. The summed E-state index contributed by atoms with van der Waals surface area (Å²) in [6.07, 6.45) is 13.6. The molecule has 0 amide bonds. The molecule has 0 spiro atoms. The molecular weight excluding hydrogens is 379 g/mol. The van der Waals surface area contributed by atoms with Crippen molar-refractivity contribution in [1.29, 1.82) is 0 Å². The fourth-order valence-corrected chi connectivity index (χ4v) is 3.09. The number of carbonyl (C=O) groups excluding carboxylic acids is 2. The molecular formula is C24H41AlO4. The summed E-state index contributed by atoms with van der Waals surface area (Å²) < 4.78 is 10.7. The van der Waals surface area contributed by atoms with Gasteiger partial charge in [-0.05, 0) is 25.0 Å². The smallest absolute Gasteiger partial charge is 0.339 e. The van der Waals surface area contributed by atoms with Crippen LogP contribution in [0.4, 0.5) is 0 Å². The van der Waals surface area contributed by atoms with Crippen LogP contribution in [0, 0.1) is 0 Å². The number of ether oxygens (including phenoxy) is 2. The van der Waals surface area contributed by atoms with Crippen molar-refractivity contribution in [2.24, 2.45) is 0 Å². The molecule has 1 aromatic rings. The monoisotopic (exact) mass is 420 g/mol. The SMILES string of the molecule is CCCCCCCCOC(=O)c1ccccc1C(=O)OCCCCCCCC.[AlH3]. The van der Waals surface area contributed by atoms with Gasteiger partial charge >= 0.3 is 11.9 Å². The third-order valence-electron chi connectivity index (χ3n) is 4.83. The molecule has 0 fully saturated rings. The van der Waals surface area contributed by atoms with Gasteiger partial charge in [0.2, 0.25) is 0 Å². The molecule has 0 saturated heterocycles. The Bertz CT molecular complexity index is 511. The summed E-state index contributed by atoms with van der Waals surface area (Å²) in [7, 11) is 0. The van der Waals surface area contributed by atoms with E-state index in [-0.39, 0.29) is 17.4 Å². The van der Waals surface area contributed by atoms with Gasteiger partial charge in [-0.25, -0.2) is 9.59 Å². The highest BCUT2D eigenvalue weighted by Gasteiger charge is 2.18. The van der Waals surface area contributed by atoms with E-state index in [2.05, 4.69) is 13.8 Å². The van der Waals surface area contributed by atoms with Crippen LogP contribution in [-0.4, -0.2) is 42.5 Å². The predicted octanol–water partition coefficient (Wildman–Crippen LogP) is 5.54. The van der Waals surface area contributed by atoms with E-state index in [9.17, 15) is 9.59 Å². The van der Waals surface area contributed by atoms with E-state index >= 15 is 0 Å². The Hall–Kier alpha value is -1.31. The van der Waals surface area contributed by atoms with Gasteiger partial charge in [0, 0.05) is 0 Å². The average Bonchev–Trinajstić information content (AvgIpc) is 2.72. The maximum absolute atomic E-state index is 12.4. The molecule has 0 unspecified atom stereocenters. The number of carbonyl (C=O) groups is 2. The number of rotatable bonds is 16. The molecule has 0 radical (unpaired) electrons. The van der Waals surface area contributed by atoms with Crippen molar-refractivity contribution in [3.05, 3.63) is 35.4 Å². The Morgan fingerprint density at radius 2 is 0.966 bits per heavy atom. The van der Waals surface area contributed by atoms with Crippen molar-refractivity contribution in [3.63, 3.8) is 0 Å². The van der Waals surface area contributed by atoms with Crippen LogP contribution in [-0.2, 0) is 9.47 Å². The topological polar surface area (TPSA) is 52.6 Å². The second kappa shape index (κ2) is 18.7. The summed E-state index contributed by atoms with van der Waals surface area (Å²) in [4.78, 5) is 24.7. The molecule has 0 aliphatic carbocycles. The van der Waals surface area contributed by atoms with E-state index in [0.29, 0.717) is 24.3 Å². The van der Waals surface area contributed by atoms with Crippen molar-refractivity contribution < 1.29 is 19.1 Å². The lowest BCUT2D eigenvalue weighted by Crippen LogP contribution is -2.15. The van der Waals surface area contributed by atoms with E-state index in [4.69, 9.17) is 9.47 Å². The molecule has 0 aliphatic heterocycles. The van der Waals surface area contributed by atoms with Crippen molar-refractivity contribution in [2.75, 3.05) is 13.2 Å². The van der Waals surface area contributed by atoms with E-state index in [1.165, 1.54) is 51.4 Å². The fourth-order valence-electron chi connectivity index (χ4n) is 3.09. The number of esters is 2. The Balaban J connectivity index is 0.00000784. The standard InChI is InChI=1S/C24H38O4.Al.3H/c1-3-5-7-9-11-15-19-27-23(25)21-17-13-14-18-22(21)24(26)28-20-16-12-10-8-6-4-2;;;;/h13-14,17-18H,3-12,15-16,19-20H2,1-2H3;;;;. The summed E-state index contributed by atoms with van der Waals surface area (Å²) in [5.41, 5.74) is 0.586. The van der Waals surface area contributed by atoms with Crippen molar-refractivity contribution in [3.8, 4) is 0 Å². The minimum Gasteiger partial charge on any atom is -0.462 e. The van der Waals surface area contributed by atoms with Gasteiger partial charge in [0.05, 0.1) is 24.3 Å². The summed E-state index contributed by atoms with van der Waals surface area (Å²) in [6, 6.07) is 6.74. The van der Waals surface area contributed by atoms with Crippen LogP contribution in [0.15, 0.2) is 24.3 Å². The van der Waals surface area contributed by atoms with Crippen LogP contribution >= 0.6 is 0 Å². The Kier molecular flexibility index (Phi) is 17.9. The molecule has 0 heterocycles. The Morgan fingerprint density at radius 1 is 0.621 bits per heavy atom. The van der Waals surface area contributed by atoms with Crippen LogP contribution in [0.3, 0.4) is 0 Å². The average molecular weight is 421 g/mol. The Morgan fingerprint density at radius 3 is 1.34 bits per heavy atom. The third-order valence-corrected chi connectivity index (χ3v) is 4.83. The molecule has 164 valence electrons. The van der Waals surface area contributed by atoms with Gasteiger partial charge in [-0.15, -0.1) is 0 Å². The molecule has 1 rings (SSSR count). The van der Waals surface area contributed by atoms with Crippen LogP contribution < -0.4 is 0 Å². The lowest BCUT2D eigenvalue weighted by molar-refractivity contribution is 0.0450. The number of unbranched alkanes of at least 4 members (excludes halogenated alkanes) is 10.